The molecule has 0 saturated heterocycles. The van der Waals surface area contributed by atoms with Gasteiger partial charge in [0, 0.05) is 24.2 Å². The number of nitrogens with zero attached hydrogens (tertiary/aromatic N) is 2. The molecule has 2 rings (SSSR count). The maximum Gasteiger partial charge on any atom is 0.122 e. The summed E-state index contributed by atoms with van der Waals surface area (Å²) in [5.74, 6) is 0. The van der Waals surface area contributed by atoms with E-state index in [1.807, 2.05) is 18.2 Å². The number of aromatic nitrogens is 2. The van der Waals surface area contributed by atoms with E-state index in [1.165, 1.54) is 0 Å². The van der Waals surface area contributed by atoms with Crippen LogP contribution in [0.15, 0.2) is 48.9 Å². The van der Waals surface area contributed by atoms with Crippen LogP contribution in [0.25, 0.3) is 0 Å². The number of rotatable bonds is 2. The van der Waals surface area contributed by atoms with Crippen LogP contribution < -0.4 is 0 Å². The largest absolute Gasteiger partial charge is 0.382 e. The van der Waals surface area contributed by atoms with Crippen LogP contribution in [0, 0.1) is 0 Å². The predicted molar refractivity (Wildman–Crippen MR) is 52.5 cm³/mol. The Morgan fingerprint density at radius 3 is 2.64 bits per heavy atom. The van der Waals surface area contributed by atoms with Gasteiger partial charge in [-0.2, -0.15) is 0 Å². The summed E-state index contributed by atoms with van der Waals surface area (Å²) in [6, 6.07) is 9.08. The molecule has 0 saturated carbocycles. The highest BCUT2D eigenvalue weighted by Crippen LogP contribution is 2.17. The van der Waals surface area contributed by atoms with E-state index in [1.54, 1.807) is 30.7 Å². The van der Waals surface area contributed by atoms with Crippen molar-refractivity contribution in [2.75, 3.05) is 0 Å². The highest BCUT2D eigenvalue weighted by molar-refractivity contribution is 5.22. The third kappa shape index (κ3) is 1.78. The molecule has 3 nitrogen and oxygen atoms in total. The molecule has 2 heterocycles. The second kappa shape index (κ2) is 3.98. The molecule has 2 aromatic rings. The van der Waals surface area contributed by atoms with Gasteiger partial charge in [0.1, 0.15) is 6.10 Å². The van der Waals surface area contributed by atoms with Crippen LogP contribution >= 0.6 is 0 Å². The minimum absolute atomic E-state index is 0.639. The average molecular weight is 186 g/mol. The van der Waals surface area contributed by atoms with E-state index >= 15 is 0 Å². The summed E-state index contributed by atoms with van der Waals surface area (Å²) in [5, 5.41) is 9.89. The van der Waals surface area contributed by atoms with Gasteiger partial charge in [0.25, 0.3) is 0 Å². The lowest BCUT2D eigenvalue weighted by Gasteiger charge is -2.08. The number of hydrogen-bond acceptors (Lipinski definition) is 3. The Labute approximate surface area is 82.1 Å². The van der Waals surface area contributed by atoms with Gasteiger partial charge in [-0.05, 0) is 18.2 Å². The maximum absolute atomic E-state index is 9.89. The van der Waals surface area contributed by atoms with Crippen molar-refractivity contribution < 1.29 is 5.11 Å². The quantitative estimate of drug-likeness (QED) is 0.774. The Morgan fingerprint density at radius 2 is 2.00 bits per heavy atom. The van der Waals surface area contributed by atoms with Gasteiger partial charge in [-0.15, -0.1) is 0 Å². The second-order valence-corrected chi connectivity index (χ2v) is 2.94. The molecular formula is C11H10N2O. The number of hydrogen-bond donors (Lipinski definition) is 1. The van der Waals surface area contributed by atoms with Gasteiger partial charge < -0.3 is 5.11 Å². The van der Waals surface area contributed by atoms with Crippen molar-refractivity contribution in [1.82, 2.24) is 9.97 Å². The first-order valence-corrected chi connectivity index (χ1v) is 4.37. The van der Waals surface area contributed by atoms with E-state index in [0.29, 0.717) is 5.69 Å². The van der Waals surface area contributed by atoms with Gasteiger partial charge in [0.15, 0.2) is 0 Å². The average Bonchev–Trinajstić information content (AvgIpc) is 2.30. The molecule has 0 unspecified atom stereocenters. The number of aliphatic hydroxyl groups is 1. The summed E-state index contributed by atoms with van der Waals surface area (Å²) < 4.78 is 0. The summed E-state index contributed by atoms with van der Waals surface area (Å²) in [6.45, 7) is 0. The van der Waals surface area contributed by atoms with E-state index in [0.717, 1.165) is 5.56 Å². The fraction of sp³-hybridized carbons (Fsp3) is 0.0909. The van der Waals surface area contributed by atoms with Gasteiger partial charge >= 0.3 is 0 Å². The minimum Gasteiger partial charge on any atom is -0.382 e. The fourth-order valence-corrected chi connectivity index (χ4v) is 1.25. The Balaban J connectivity index is 2.30. The summed E-state index contributed by atoms with van der Waals surface area (Å²) in [4.78, 5) is 8.02. The van der Waals surface area contributed by atoms with E-state index in [4.69, 9.17) is 0 Å². The van der Waals surface area contributed by atoms with Crippen LogP contribution in [0.1, 0.15) is 17.4 Å². The van der Waals surface area contributed by atoms with E-state index in [9.17, 15) is 5.11 Å². The lowest BCUT2D eigenvalue weighted by molar-refractivity contribution is 0.215. The van der Waals surface area contributed by atoms with Crippen LogP contribution in [-0.2, 0) is 0 Å². The van der Waals surface area contributed by atoms with Crippen molar-refractivity contribution >= 4 is 0 Å². The molecule has 14 heavy (non-hydrogen) atoms. The normalized spacial score (nSPS) is 12.4. The first-order valence-electron chi connectivity index (χ1n) is 4.37. The first-order chi connectivity index (χ1) is 6.88. The summed E-state index contributed by atoms with van der Waals surface area (Å²) in [7, 11) is 0. The third-order valence-corrected chi connectivity index (χ3v) is 1.97. The van der Waals surface area contributed by atoms with Crippen molar-refractivity contribution in [3.63, 3.8) is 0 Å². The van der Waals surface area contributed by atoms with Gasteiger partial charge in [-0.1, -0.05) is 12.1 Å². The third-order valence-electron chi connectivity index (χ3n) is 1.97. The van der Waals surface area contributed by atoms with Crippen molar-refractivity contribution in [2.45, 2.75) is 6.10 Å². The Morgan fingerprint density at radius 1 is 1.07 bits per heavy atom. The Bertz CT molecular complexity index is 349. The molecule has 0 spiro atoms. The van der Waals surface area contributed by atoms with E-state index < -0.39 is 6.10 Å². The molecule has 0 fully saturated rings. The monoisotopic (exact) mass is 186 g/mol. The highest BCUT2D eigenvalue weighted by atomic mass is 16.3. The molecule has 2 aromatic heterocycles. The molecule has 70 valence electrons. The zero-order chi connectivity index (χ0) is 9.80. The summed E-state index contributed by atoms with van der Waals surface area (Å²) in [5.41, 5.74) is 1.40. The molecule has 1 N–H and O–H groups in total. The molecular weight excluding hydrogens is 176 g/mol. The molecule has 0 aliphatic heterocycles. The van der Waals surface area contributed by atoms with Crippen LogP contribution in [0.2, 0.25) is 0 Å². The fourth-order valence-electron chi connectivity index (χ4n) is 1.25. The lowest BCUT2D eigenvalue weighted by Crippen LogP contribution is -2.01. The Kier molecular flexibility index (Phi) is 2.51. The number of aliphatic hydroxyl groups excluding tert-OH is 1. The predicted octanol–water partition coefficient (Wildman–Crippen LogP) is 1.56. The summed E-state index contributed by atoms with van der Waals surface area (Å²) >= 11 is 0. The topological polar surface area (TPSA) is 46.0 Å². The molecule has 3 heteroatoms. The van der Waals surface area contributed by atoms with Gasteiger partial charge in [-0.3, -0.25) is 9.97 Å². The molecule has 1 atom stereocenters. The van der Waals surface area contributed by atoms with Crippen LogP contribution in [0.5, 0.6) is 0 Å². The minimum atomic E-state index is -0.690. The lowest BCUT2D eigenvalue weighted by atomic mass is 10.1. The second-order valence-electron chi connectivity index (χ2n) is 2.94. The van der Waals surface area contributed by atoms with E-state index in [2.05, 4.69) is 9.97 Å². The number of pyridine rings is 2. The summed E-state index contributed by atoms with van der Waals surface area (Å²) in [6.07, 6.45) is 4.29. The van der Waals surface area contributed by atoms with Crippen LogP contribution in [0.4, 0.5) is 0 Å². The Hall–Kier alpha value is -1.74. The molecule has 0 radical (unpaired) electrons. The molecule has 0 bridgehead atoms. The standard InChI is InChI=1S/C11H10N2O/c14-11(9-4-3-6-12-8-9)10-5-1-2-7-13-10/h1-8,11,14H/t11-/m0/s1. The van der Waals surface area contributed by atoms with Crippen LogP contribution in [-0.4, -0.2) is 15.1 Å². The van der Waals surface area contributed by atoms with Crippen molar-refractivity contribution in [2.24, 2.45) is 0 Å². The maximum atomic E-state index is 9.89. The van der Waals surface area contributed by atoms with E-state index in [-0.39, 0.29) is 0 Å². The molecule has 0 aromatic carbocycles. The molecule has 0 aliphatic rings. The highest BCUT2D eigenvalue weighted by Gasteiger charge is 2.10. The van der Waals surface area contributed by atoms with Gasteiger partial charge in [-0.25, -0.2) is 0 Å². The van der Waals surface area contributed by atoms with Crippen molar-refractivity contribution in [3.05, 3.63) is 60.2 Å². The van der Waals surface area contributed by atoms with Crippen molar-refractivity contribution in [1.29, 1.82) is 0 Å². The van der Waals surface area contributed by atoms with Gasteiger partial charge in [0.05, 0.1) is 5.69 Å². The molecule has 0 aliphatic carbocycles. The van der Waals surface area contributed by atoms with Gasteiger partial charge in [0.2, 0.25) is 0 Å². The zero-order valence-electron chi connectivity index (χ0n) is 7.54. The zero-order valence-corrected chi connectivity index (χ0v) is 7.54. The molecule has 0 amide bonds. The first kappa shape index (κ1) is 8.84. The SMILES string of the molecule is O[C@@H](c1cccnc1)c1ccccn1. The van der Waals surface area contributed by atoms with Crippen molar-refractivity contribution in [3.8, 4) is 0 Å². The smallest absolute Gasteiger partial charge is 0.122 e. The van der Waals surface area contributed by atoms with Crippen LogP contribution in [0.3, 0.4) is 0 Å².